The Morgan fingerprint density at radius 2 is 1.92 bits per heavy atom. The highest BCUT2D eigenvalue weighted by Crippen LogP contribution is 2.47. The molecule has 0 amide bonds. The summed E-state index contributed by atoms with van der Waals surface area (Å²) < 4.78 is 58.2. The lowest BCUT2D eigenvalue weighted by atomic mass is 9.96. The number of piperazine rings is 1. The number of ether oxygens (including phenoxy) is 2. The molecule has 4 aliphatic rings. The van der Waals surface area contributed by atoms with Gasteiger partial charge < -0.3 is 29.7 Å². The summed E-state index contributed by atoms with van der Waals surface area (Å²) >= 11 is 0. The van der Waals surface area contributed by atoms with Crippen molar-refractivity contribution in [2.75, 3.05) is 51.3 Å². The maximum atomic E-state index is 17.0. The van der Waals surface area contributed by atoms with Crippen LogP contribution in [0.1, 0.15) is 50.2 Å². The molecule has 3 unspecified atom stereocenters. The van der Waals surface area contributed by atoms with Crippen LogP contribution in [0.4, 0.5) is 19.0 Å². The van der Waals surface area contributed by atoms with Crippen LogP contribution in [0.5, 0.6) is 11.8 Å². The molecule has 3 saturated heterocycles. The molecule has 2 bridgehead atoms. The fourth-order valence-corrected chi connectivity index (χ4v) is 7.80. The number of phenolic OH excluding ortho intramolecular Hbond substituents is 1. The van der Waals surface area contributed by atoms with Gasteiger partial charge in [0.2, 0.25) is 5.88 Å². The van der Waals surface area contributed by atoms with Gasteiger partial charge in [-0.25, -0.2) is 18.2 Å². The molecule has 2 N–H and O–H groups in total. The van der Waals surface area contributed by atoms with E-state index in [-0.39, 0.29) is 67.6 Å². The number of aromatic hydroxyl groups is 1. The molecule has 3 aromatic rings. The first-order valence-electron chi connectivity index (χ1n) is 16.9. The lowest BCUT2D eigenvalue weighted by Crippen LogP contribution is -2.54. The molecule has 1 saturated carbocycles. The summed E-state index contributed by atoms with van der Waals surface area (Å²) in [5, 5.41) is 14.4. The highest BCUT2D eigenvalue weighted by atomic mass is 19.2. The first-order chi connectivity index (χ1) is 23.6. The Bertz CT molecular complexity index is 1960. The van der Waals surface area contributed by atoms with Gasteiger partial charge in [-0.05, 0) is 80.4 Å². The van der Waals surface area contributed by atoms with Crippen molar-refractivity contribution in [3.05, 3.63) is 51.5 Å². The number of rotatable bonds is 10. The van der Waals surface area contributed by atoms with Gasteiger partial charge in [-0.1, -0.05) is 12.8 Å². The molecule has 258 valence electrons. The van der Waals surface area contributed by atoms with Crippen LogP contribution in [0.15, 0.2) is 23.2 Å². The van der Waals surface area contributed by atoms with Crippen LogP contribution in [-0.4, -0.2) is 85.2 Å². The van der Waals surface area contributed by atoms with Crippen molar-refractivity contribution in [2.24, 2.45) is 16.3 Å². The van der Waals surface area contributed by atoms with E-state index < -0.39 is 23.9 Å². The Labute approximate surface area is 283 Å². The van der Waals surface area contributed by atoms with Crippen LogP contribution in [0.3, 0.4) is 0 Å². The molecule has 1 aliphatic carbocycles. The minimum atomic E-state index is -1.22. The average Bonchev–Trinajstić information content (AvgIpc) is 3.60. The first kappa shape index (κ1) is 33.2. The van der Waals surface area contributed by atoms with Gasteiger partial charge in [-0.15, -0.1) is 6.42 Å². The third-order valence-corrected chi connectivity index (χ3v) is 10.4. The monoisotopic (exact) mass is 674 g/mol. The molecule has 2 aromatic carbocycles. The second-order valence-corrected chi connectivity index (χ2v) is 14.2. The summed E-state index contributed by atoms with van der Waals surface area (Å²) in [5.41, 5.74) is -0.225. The minimum absolute atomic E-state index is 0.0131. The third kappa shape index (κ3) is 6.54. The van der Waals surface area contributed by atoms with Gasteiger partial charge in [0.05, 0.1) is 19.3 Å². The normalized spacial score (nSPS) is 24.1. The molecular weight excluding hydrogens is 633 g/mol. The lowest BCUT2D eigenvalue weighted by Gasteiger charge is -2.34. The van der Waals surface area contributed by atoms with Crippen LogP contribution >= 0.6 is 0 Å². The topological polar surface area (TPSA) is 95.3 Å². The number of terminal acetylenes is 1. The van der Waals surface area contributed by atoms with E-state index in [1.807, 2.05) is 0 Å². The molecular formula is C37H41F3N6O3. The van der Waals surface area contributed by atoms with Gasteiger partial charge in [0, 0.05) is 55.5 Å². The molecule has 0 spiro atoms. The number of halogens is 3. The molecule has 4 fully saturated rings. The number of fused-ring (bicyclic) bond motifs is 3. The average molecular weight is 675 g/mol. The third-order valence-electron chi connectivity index (χ3n) is 10.4. The predicted octanol–water partition coefficient (Wildman–Crippen LogP) is 3.77. The van der Waals surface area contributed by atoms with Gasteiger partial charge >= 0.3 is 6.01 Å². The van der Waals surface area contributed by atoms with E-state index in [0.717, 1.165) is 51.4 Å². The largest absolute Gasteiger partial charge is 0.508 e. The van der Waals surface area contributed by atoms with E-state index in [1.54, 1.807) is 0 Å². The number of phenols is 1. The maximum Gasteiger partial charge on any atom is 0.319 e. The molecule has 1 aromatic heterocycles. The fourth-order valence-electron chi connectivity index (χ4n) is 7.80. The Hall–Kier alpha value is -4.34. The van der Waals surface area contributed by atoms with Gasteiger partial charge in [-0.2, -0.15) is 9.97 Å². The molecule has 7 rings (SSSR count). The number of hydrogen-bond acceptors (Lipinski definition) is 9. The first-order valence-corrected chi connectivity index (χ1v) is 16.9. The number of benzene rings is 2. The highest BCUT2D eigenvalue weighted by Gasteiger charge is 2.46. The summed E-state index contributed by atoms with van der Waals surface area (Å²) in [6, 6.07) is 3.97. The van der Waals surface area contributed by atoms with Crippen LogP contribution in [0.25, 0.3) is 22.5 Å². The number of nitrogens with zero attached hydrogens (tertiary/aromatic N) is 5. The molecule has 12 heteroatoms. The van der Waals surface area contributed by atoms with Crippen molar-refractivity contribution < 1.29 is 27.8 Å². The van der Waals surface area contributed by atoms with Gasteiger partial charge in [0.15, 0.2) is 11.6 Å². The molecule has 3 aliphatic heterocycles. The van der Waals surface area contributed by atoms with Gasteiger partial charge in [-0.3, -0.25) is 0 Å². The Balaban J connectivity index is 1.37. The summed E-state index contributed by atoms with van der Waals surface area (Å²) in [5.74, 6) is -0.0924. The number of likely N-dealkylation sites (tertiary alicyclic amines) is 1. The van der Waals surface area contributed by atoms with Gasteiger partial charge in [0.1, 0.15) is 28.0 Å². The minimum Gasteiger partial charge on any atom is -0.508 e. The summed E-state index contributed by atoms with van der Waals surface area (Å²) in [6.45, 7) is 10.6. The van der Waals surface area contributed by atoms with Crippen LogP contribution in [-0.2, 0) is 11.2 Å². The number of methoxy groups -OCH3 is 1. The lowest BCUT2D eigenvalue weighted by molar-refractivity contribution is 0.167. The SMILES string of the molecule is C#Cc1c(F)c(F)cc2cc(O)cc(C/C(F)=c3/nc(OCC4(CN5CCC(C)C5)CC4)nc(N4CC5CCC(C4)N5)/c3=C(/N=C)OC)c12. The van der Waals surface area contributed by atoms with Crippen molar-refractivity contribution in [1.82, 2.24) is 20.2 Å². The zero-order valence-corrected chi connectivity index (χ0v) is 27.9. The van der Waals surface area contributed by atoms with E-state index in [4.69, 9.17) is 20.9 Å². The van der Waals surface area contributed by atoms with Gasteiger partial charge in [0.25, 0.3) is 0 Å². The zero-order valence-electron chi connectivity index (χ0n) is 27.9. The molecule has 9 nitrogen and oxygen atoms in total. The van der Waals surface area contributed by atoms with E-state index in [2.05, 4.69) is 44.7 Å². The maximum absolute atomic E-state index is 17.0. The van der Waals surface area contributed by atoms with Crippen molar-refractivity contribution in [3.8, 4) is 24.1 Å². The highest BCUT2D eigenvalue weighted by molar-refractivity contribution is 5.93. The van der Waals surface area contributed by atoms with E-state index in [1.165, 1.54) is 25.7 Å². The predicted molar refractivity (Wildman–Crippen MR) is 182 cm³/mol. The van der Waals surface area contributed by atoms with E-state index >= 15 is 4.39 Å². The van der Waals surface area contributed by atoms with E-state index in [9.17, 15) is 13.9 Å². The summed E-state index contributed by atoms with van der Waals surface area (Å²) in [6.07, 6.45) is 10.4. The van der Waals surface area contributed by atoms with Crippen molar-refractivity contribution in [2.45, 2.75) is 57.5 Å². The molecule has 49 heavy (non-hydrogen) atoms. The van der Waals surface area contributed by atoms with Crippen LogP contribution in [0.2, 0.25) is 0 Å². The second-order valence-electron chi connectivity index (χ2n) is 14.2. The Kier molecular flexibility index (Phi) is 8.92. The number of aliphatic imine (C=N–C) groups is 1. The molecule has 0 radical (unpaired) electrons. The number of aromatic nitrogens is 2. The molecule has 3 atom stereocenters. The summed E-state index contributed by atoms with van der Waals surface area (Å²) in [4.78, 5) is 18.1. The molecule has 4 heterocycles. The smallest absolute Gasteiger partial charge is 0.319 e. The fraction of sp³-hybridized carbons (Fsp3) is 0.486. The number of nitrogens with one attached hydrogen (secondary N) is 1. The zero-order chi connectivity index (χ0) is 34.4. The van der Waals surface area contributed by atoms with Crippen molar-refractivity contribution >= 4 is 35.0 Å². The van der Waals surface area contributed by atoms with E-state index in [0.29, 0.717) is 31.4 Å². The quantitative estimate of drug-likeness (QED) is 0.248. The van der Waals surface area contributed by atoms with Crippen LogP contribution in [0, 0.1) is 35.3 Å². The summed E-state index contributed by atoms with van der Waals surface area (Å²) in [7, 11) is 1.41. The van der Waals surface area contributed by atoms with Crippen LogP contribution < -0.4 is 25.5 Å². The Morgan fingerprint density at radius 3 is 2.55 bits per heavy atom. The second kappa shape index (κ2) is 13.2. The number of hydrogen-bond donors (Lipinski definition) is 2. The number of anilines is 1. The Morgan fingerprint density at radius 1 is 1.16 bits per heavy atom. The van der Waals surface area contributed by atoms with Crippen molar-refractivity contribution in [3.63, 3.8) is 0 Å². The van der Waals surface area contributed by atoms with Crippen molar-refractivity contribution in [1.29, 1.82) is 0 Å². The standard InChI is InChI=1S/C37H41F3N6O3/c1-5-27-30-22(14-28(38)32(27)40)12-26(47)13-23(30)15-29(39)33-31(35(41-3)48-4)34(46-17-24-6-7-25(18-46)42-24)44-36(43-33)49-20-37(9-10-37)19-45-11-8-21(2)16-45/h1,12-14,21,24-25,42,47H,3,6-11,15-20H2,2,4H3/b33-29-,35-31-.